The van der Waals surface area contributed by atoms with Crippen LogP contribution in [-0.4, -0.2) is 45.7 Å². The van der Waals surface area contributed by atoms with Crippen LogP contribution in [0.3, 0.4) is 0 Å². The molecule has 2 aliphatic heterocycles. The highest BCUT2D eigenvalue weighted by Gasteiger charge is 2.41. The van der Waals surface area contributed by atoms with Crippen molar-refractivity contribution in [1.29, 1.82) is 0 Å². The van der Waals surface area contributed by atoms with Crippen LogP contribution >= 0.6 is 11.6 Å². The van der Waals surface area contributed by atoms with Gasteiger partial charge in [-0.2, -0.15) is 0 Å². The first-order valence-corrected chi connectivity index (χ1v) is 12.3. The molecule has 4 rings (SSSR count). The number of nitrogens with one attached hydrogen (secondary N) is 1. The fraction of sp³-hybridized carbons (Fsp3) is 0.500. The maximum absolute atomic E-state index is 15.2. The van der Waals surface area contributed by atoms with Gasteiger partial charge in [0.1, 0.15) is 5.82 Å². The van der Waals surface area contributed by atoms with Crippen LogP contribution < -0.4 is 5.32 Å². The van der Waals surface area contributed by atoms with Crippen molar-refractivity contribution in [3.63, 3.8) is 0 Å². The lowest BCUT2D eigenvalue weighted by atomic mass is 9.81. The van der Waals surface area contributed by atoms with Crippen molar-refractivity contribution in [2.75, 3.05) is 25.1 Å². The molecule has 1 fully saturated rings. The Hall–Kier alpha value is -2.55. The van der Waals surface area contributed by atoms with Gasteiger partial charge < -0.3 is 20.1 Å². The van der Waals surface area contributed by atoms with Gasteiger partial charge in [-0.05, 0) is 42.5 Å². The van der Waals surface area contributed by atoms with E-state index in [1.54, 1.807) is 18.2 Å². The quantitative estimate of drug-likeness (QED) is 0.402. The number of hydrogen-bond donors (Lipinski definition) is 2. The van der Waals surface area contributed by atoms with Gasteiger partial charge in [-0.3, -0.25) is 4.79 Å². The lowest BCUT2D eigenvalue weighted by molar-refractivity contribution is -0.147. The second-order valence-corrected chi connectivity index (χ2v) is 10.0. The van der Waals surface area contributed by atoms with Crippen molar-refractivity contribution in [2.45, 2.75) is 57.9 Å². The Morgan fingerprint density at radius 3 is 2.83 bits per heavy atom. The van der Waals surface area contributed by atoms with Crippen molar-refractivity contribution in [2.24, 2.45) is 5.41 Å². The number of fused-ring (bicyclic) bond motifs is 1. The number of hydrogen-bond acceptors (Lipinski definition) is 6. The summed E-state index contributed by atoms with van der Waals surface area (Å²) < 4.78 is 20.7. The molecule has 1 aromatic carbocycles. The van der Waals surface area contributed by atoms with Crippen LogP contribution in [0.25, 0.3) is 0 Å². The molecular formula is C26H32ClFN4O3. The number of carbonyl (C=O) groups is 1. The van der Waals surface area contributed by atoms with Crippen LogP contribution in [0.15, 0.2) is 36.9 Å². The molecule has 9 heteroatoms. The van der Waals surface area contributed by atoms with E-state index in [0.717, 1.165) is 16.8 Å². The minimum Gasteiger partial charge on any atom is -0.393 e. The van der Waals surface area contributed by atoms with E-state index in [-0.39, 0.29) is 23.7 Å². The number of ether oxygens (including phenoxy) is 1. The molecule has 1 unspecified atom stereocenters. The molecule has 1 aromatic heterocycles. The molecule has 0 spiro atoms. The number of aromatic nitrogens is 2. The summed E-state index contributed by atoms with van der Waals surface area (Å²) in [4.78, 5) is 24.0. The number of anilines is 1. The molecule has 1 amide bonds. The first kappa shape index (κ1) is 25.5. The van der Waals surface area contributed by atoms with Crippen molar-refractivity contribution in [3.05, 3.63) is 64.6 Å². The Labute approximate surface area is 210 Å². The molecular weight excluding hydrogens is 471 g/mol. The number of benzene rings is 1. The van der Waals surface area contributed by atoms with Crippen LogP contribution in [0.4, 0.5) is 10.2 Å². The molecule has 1 saturated heterocycles. The molecule has 3 heterocycles. The Morgan fingerprint density at radius 2 is 2.14 bits per heavy atom. The number of carbonyl (C=O) groups excluding carboxylic acids is 1. The van der Waals surface area contributed by atoms with Gasteiger partial charge in [0.2, 0.25) is 11.2 Å². The molecule has 0 aliphatic carbocycles. The molecule has 2 atom stereocenters. The van der Waals surface area contributed by atoms with Crippen LogP contribution in [0.1, 0.15) is 61.5 Å². The molecule has 2 aliphatic rings. The predicted octanol–water partition coefficient (Wildman–Crippen LogP) is 4.70. The summed E-state index contributed by atoms with van der Waals surface area (Å²) in [6.45, 7) is 8.86. The Balaban J connectivity index is 1.55. The molecule has 35 heavy (non-hydrogen) atoms. The van der Waals surface area contributed by atoms with Gasteiger partial charge in [-0.1, -0.05) is 37.3 Å². The highest BCUT2D eigenvalue weighted by atomic mass is 35.5. The Bertz CT molecular complexity index is 1110. The van der Waals surface area contributed by atoms with Gasteiger partial charge in [0.05, 0.1) is 30.8 Å². The Morgan fingerprint density at radius 1 is 1.40 bits per heavy atom. The third kappa shape index (κ3) is 5.20. The van der Waals surface area contributed by atoms with Crippen LogP contribution in [0, 0.1) is 5.41 Å². The molecule has 0 saturated carbocycles. The number of amides is 1. The van der Waals surface area contributed by atoms with Crippen LogP contribution in [-0.2, 0) is 28.3 Å². The van der Waals surface area contributed by atoms with E-state index in [2.05, 4.69) is 21.9 Å². The first-order valence-electron chi connectivity index (χ1n) is 11.9. The summed E-state index contributed by atoms with van der Waals surface area (Å²) in [6, 6.07) is 6.81. The summed E-state index contributed by atoms with van der Waals surface area (Å²) in [5.74, 6) is 0.650. The van der Waals surface area contributed by atoms with E-state index < -0.39 is 17.7 Å². The lowest BCUT2D eigenvalue weighted by Gasteiger charge is -2.35. The fourth-order valence-corrected chi connectivity index (χ4v) is 4.97. The van der Waals surface area contributed by atoms with Crippen LogP contribution in [0.2, 0.25) is 5.28 Å². The van der Waals surface area contributed by atoms with E-state index in [1.165, 1.54) is 6.08 Å². The number of aliphatic hydroxyl groups is 1. The number of aliphatic hydroxyl groups excluding tert-OH is 1. The zero-order valence-corrected chi connectivity index (χ0v) is 20.9. The van der Waals surface area contributed by atoms with Crippen molar-refractivity contribution >= 4 is 23.3 Å². The van der Waals surface area contributed by atoms with Gasteiger partial charge in [-0.15, -0.1) is 6.58 Å². The highest BCUT2D eigenvalue weighted by molar-refractivity contribution is 6.28. The summed E-state index contributed by atoms with van der Waals surface area (Å²) in [5, 5.41) is 13.1. The van der Waals surface area contributed by atoms with E-state index in [9.17, 15) is 9.90 Å². The van der Waals surface area contributed by atoms with Crippen molar-refractivity contribution in [1.82, 2.24) is 14.9 Å². The summed E-state index contributed by atoms with van der Waals surface area (Å²) in [5.41, 5.74) is 0.438. The minimum absolute atomic E-state index is 0.0126. The minimum atomic E-state index is -1.89. The van der Waals surface area contributed by atoms with E-state index >= 15 is 4.39 Å². The predicted molar refractivity (Wildman–Crippen MR) is 133 cm³/mol. The third-order valence-corrected chi connectivity index (χ3v) is 7.30. The van der Waals surface area contributed by atoms with E-state index in [1.807, 2.05) is 24.8 Å². The zero-order chi connectivity index (χ0) is 25.2. The van der Waals surface area contributed by atoms with E-state index in [4.69, 9.17) is 16.3 Å². The average molecular weight is 503 g/mol. The number of rotatable bonds is 8. The third-order valence-electron chi connectivity index (χ3n) is 7.13. The molecule has 2 aromatic rings. The van der Waals surface area contributed by atoms with Crippen molar-refractivity contribution < 1.29 is 19.0 Å². The second kappa shape index (κ2) is 10.2. The van der Waals surface area contributed by atoms with Gasteiger partial charge >= 0.3 is 0 Å². The number of alkyl halides is 1. The standard InChI is InChI=1S/C26H32ClFN4O3/c1-4-8-26(28,16-33)19-7-5-6-18(13-19)17(2)29-22-20-14-32(15-21(20)30-24(27)31-22)23(34)25(3)9-11-35-12-10-25/h4-7,13,17,33H,1,8-12,14-16H2,2-3H3,(H,29,30,31)/t17-,26?/m1/s1. The lowest BCUT2D eigenvalue weighted by Crippen LogP contribution is -2.43. The maximum atomic E-state index is 15.2. The Kier molecular flexibility index (Phi) is 7.45. The van der Waals surface area contributed by atoms with E-state index in [0.29, 0.717) is 50.5 Å². The SMILES string of the molecule is C=CCC(F)(CO)c1cccc([C@@H](C)Nc2nc(Cl)nc3c2CN(C(=O)C2(C)CCOCC2)C3)c1. The monoisotopic (exact) mass is 502 g/mol. The van der Waals surface area contributed by atoms with Crippen LogP contribution in [0.5, 0.6) is 0 Å². The normalized spacial score (nSPS) is 19.5. The number of allylic oxidation sites excluding steroid dienone is 1. The van der Waals surface area contributed by atoms with Crippen molar-refractivity contribution in [3.8, 4) is 0 Å². The topological polar surface area (TPSA) is 87.6 Å². The molecule has 188 valence electrons. The summed E-state index contributed by atoms with van der Waals surface area (Å²) in [6.07, 6.45) is 2.86. The summed E-state index contributed by atoms with van der Waals surface area (Å²) >= 11 is 6.23. The number of halogens is 2. The summed E-state index contributed by atoms with van der Waals surface area (Å²) in [7, 11) is 0. The largest absolute Gasteiger partial charge is 0.393 e. The van der Waals surface area contributed by atoms with Gasteiger partial charge in [0.15, 0.2) is 5.67 Å². The highest BCUT2D eigenvalue weighted by Crippen LogP contribution is 2.37. The van der Waals surface area contributed by atoms with Gasteiger partial charge in [0.25, 0.3) is 0 Å². The zero-order valence-electron chi connectivity index (χ0n) is 20.2. The fourth-order valence-electron chi connectivity index (χ4n) is 4.78. The number of nitrogens with zero attached hydrogens (tertiary/aromatic N) is 3. The van der Waals surface area contributed by atoms with Gasteiger partial charge in [0, 0.05) is 31.2 Å². The molecule has 0 bridgehead atoms. The molecule has 2 N–H and O–H groups in total. The van der Waals surface area contributed by atoms with Gasteiger partial charge in [-0.25, -0.2) is 14.4 Å². The second-order valence-electron chi connectivity index (χ2n) is 9.71. The average Bonchev–Trinajstić information content (AvgIpc) is 3.28. The maximum Gasteiger partial charge on any atom is 0.229 e. The first-order chi connectivity index (χ1) is 16.7. The molecule has 0 radical (unpaired) electrons. The molecule has 7 nitrogen and oxygen atoms in total. The smallest absolute Gasteiger partial charge is 0.229 e.